The smallest absolute Gasteiger partial charge is 0.242 e. The van der Waals surface area contributed by atoms with Crippen LogP contribution in [0.4, 0.5) is 5.69 Å². The molecule has 1 aromatic carbocycles. The van der Waals surface area contributed by atoms with Gasteiger partial charge in [-0.3, -0.25) is 4.79 Å². The van der Waals surface area contributed by atoms with Gasteiger partial charge in [0.25, 0.3) is 0 Å². The van der Waals surface area contributed by atoms with Gasteiger partial charge in [0, 0.05) is 18.8 Å². The highest BCUT2D eigenvalue weighted by Crippen LogP contribution is 2.21. The van der Waals surface area contributed by atoms with Gasteiger partial charge in [0.1, 0.15) is 6.04 Å². The van der Waals surface area contributed by atoms with E-state index in [2.05, 4.69) is 41.4 Å². The van der Waals surface area contributed by atoms with Crippen LogP contribution in [0.3, 0.4) is 0 Å². The Morgan fingerprint density at radius 3 is 2.78 bits per heavy atom. The first-order chi connectivity index (χ1) is 8.72. The molecule has 0 bridgehead atoms. The first kappa shape index (κ1) is 12.9. The first-order valence-electron chi connectivity index (χ1n) is 6.53. The fourth-order valence-corrected chi connectivity index (χ4v) is 2.37. The summed E-state index contributed by atoms with van der Waals surface area (Å²) in [5.41, 5.74) is 7.97. The molecule has 1 fully saturated rings. The second kappa shape index (κ2) is 5.87. The maximum absolute atomic E-state index is 12.0. The van der Waals surface area contributed by atoms with E-state index < -0.39 is 0 Å². The Kier molecular flexibility index (Phi) is 4.20. The van der Waals surface area contributed by atoms with Crippen molar-refractivity contribution < 1.29 is 4.79 Å². The molecule has 0 saturated carbocycles. The summed E-state index contributed by atoms with van der Waals surface area (Å²) in [6.45, 7) is 4.24. The van der Waals surface area contributed by atoms with Gasteiger partial charge in [-0.1, -0.05) is 17.7 Å². The second-order valence-electron chi connectivity index (χ2n) is 4.77. The van der Waals surface area contributed by atoms with Gasteiger partial charge in [-0.2, -0.15) is 0 Å². The quantitative estimate of drug-likeness (QED) is 0.839. The molecule has 4 nitrogen and oxygen atoms in total. The van der Waals surface area contributed by atoms with Crippen molar-refractivity contribution in [3.05, 3.63) is 29.8 Å². The molecule has 18 heavy (non-hydrogen) atoms. The van der Waals surface area contributed by atoms with Gasteiger partial charge in [0.15, 0.2) is 0 Å². The molecule has 1 amide bonds. The molecule has 0 radical (unpaired) electrons. The van der Waals surface area contributed by atoms with Gasteiger partial charge in [0.2, 0.25) is 5.91 Å². The normalized spacial score (nSPS) is 20.4. The van der Waals surface area contributed by atoms with Gasteiger partial charge in [-0.05, 0) is 38.4 Å². The summed E-state index contributed by atoms with van der Waals surface area (Å²) in [6, 6.07) is 8.18. The van der Waals surface area contributed by atoms with Crippen molar-refractivity contribution in [1.82, 2.24) is 5.32 Å². The van der Waals surface area contributed by atoms with Gasteiger partial charge in [-0.15, -0.1) is 0 Å². The molecular formula is C14H21N3O. The number of nitrogens with two attached hydrogens (primary N) is 1. The number of anilines is 1. The van der Waals surface area contributed by atoms with Crippen LogP contribution in [0, 0.1) is 6.92 Å². The minimum atomic E-state index is -0.139. The topological polar surface area (TPSA) is 58.4 Å². The molecule has 0 aliphatic carbocycles. The van der Waals surface area contributed by atoms with Crippen LogP contribution in [-0.2, 0) is 4.79 Å². The van der Waals surface area contributed by atoms with E-state index in [1.165, 1.54) is 5.56 Å². The lowest BCUT2D eigenvalue weighted by atomic mass is 10.1. The van der Waals surface area contributed by atoms with Gasteiger partial charge in [0.05, 0.1) is 0 Å². The Morgan fingerprint density at radius 1 is 1.39 bits per heavy atom. The van der Waals surface area contributed by atoms with E-state index in [-0.39, 0.29) is 11.9 Å². The predicted octanol–water partition coefficient (Wildman–Crippen LogP) is 1.04. The molecule has 1 unspecified atom stereocenters. The van der Waals surface area contributed by atoms with E-state index in [0.717, 1.165) is 25.2 Å². The number of carbonyl (C=O) groups excluding carboxylic acids is 1. The number of carbonyl (C=O) groups is 1. The Balaban J connectivity index is 2.25. The van der Waals surface area contributed by atoms with Crippen molar-refractivity contribution in [1.29, 1.82) is 0 Å². The minimum absolute atomic E-state index is 0.0959. The lowest BCUT2D eigenvalue weighted by Gasteiger charge is -2.30. The summed E-state index contributed by atoms with van der Waals surface area (Å²) in [6.07, 6.45) is 1.67. The van der Waals surface area contributed by atoms with Crippen LogP contribution in [-0.4, -0.2) is 31.6 Å². The van der Waals surface area contributed by atoms with Crippen LogP contribution in [0.1, 0.15) is 18.4 Å². The molecule has 4 heteroatoms. The molecule has 1 saturated heterocycles. The van der Waals surface area contributed by atoms with Crippen LogP contribution in [0.5, 0.6) is 0 Å². The molecule has 0 aromatic heterocycles. The van der Waals surface area contributed by atoms with Crippen molar-refractivity contribution in [2.24, 2.45) is 5.73 Å². The third kappa shape index (κ3) is 2.82. The van der Waals surface area contributed by atoms with Crippen molar-refractivity contribution in [2.75, 3.05) is 24.5 Å². The number of aryl methyl sites for hydroxylation is 1. The molecule has 1 atom stereocenters. The lowest BCUT2D eigenvalue weighted by Crippen LogP contribution is -2.45. The van der Waals surface area contributed by atoms with Crippen LogP contribution in [0.25, 0.3) is 0 Å². The zero-order chi connectivity index (χ0) is 13.0. The summed E-state index contributed by atoms with van der Waals surface area (Å²) in [5, 5.41) is 2.95. The van der Waals surface area contributed by atoms with E-state index in [9.17, 15) is 4.79 Å². The van der Waals surface area contributed by atoms with Crippen molar-refractivity contribution in [2.45, 2.75) is 25.8 Å². The van der Waals surface area contributed by atoms with E-state index in [1.807, 2.05) is 0 Å². The van der Waals surface area contributed by atoms with Gasteiger partial charge in [-0.25, -0.2) is 0 Å². The molecule has 1 aromatic rings. The zero-order valence-corrected chi connectivity index (χ0v) is 10.9. The Hall–Kier alpha value is -1.55. The van der Waals surface area contributed by atoms with Crippen molar-refractivity contribution >= 4 is 11.6 Å². The van der Waals surface area contributed by atoms with E-state index >= 15 is 0 Å². The van der Waals surface area contributed by atoms with E-state index in [0.29, 0.717) is 13.0 Å². The summed E-state index contributed by atoms with van der Waals surface area (Å²) in [5.74, 6) is 0.0959. The molecule has 1 aliphatic rings. The first-order valence-corrected chi connectivity index (χ1v) is 6.53. The minimum Gasteiger partial charge on any atom is -0.359 e. The number of amides is 1. The van der Waals surface area contributed by atoms with Crippen LogP contribution in [0.2, 0.25) is 0 Å². The van der Waals surface area contributed by atoms with E-state index in [1.54, 1.807) is 0 Å². The Bertz CT molecular complexity index is 402. The number of nitrogens with zero attached hydrogens (tertiary/aromatic N) is 1. The average molecular weight is 247 g/mol. The third-order valence-electron chi connectivity index (χ3n) is 3.36. The van der Waals surface area contributed by atoms with Crippen molar-refractivity contribution in [3.63, 3.8) is 0 Å². The maximum Gasteiger partial charge on any atom is 0.242 e. The Labute approximate surface area is 108 Å². The van der Waals surface area contributed by atoms with Gasteiger partial charge < -0.3 is 16.0 Å². The summed E-state index contributed by atoms with van der Waals surface area (Å²) < 4.78 is 0. The Morgan fingerprint density at radius 2 is 2.11 bits per heavy atom. The molecule has 1 heterocycles. The van der Waals surface area contributed by atoms with E-state index in [4.69, 9.17) is 5.73 Å². The highest BCUT2D eigenvalue weighted by Gasteiger charge is 2.27. The van der Waals surface area contributed by atoms with Crippen LogP contribution in [0.15, 0.2) is 24.3 Å². The van der Waals surface area contributed by atoms with Gasteiger partial charge >= 0.3 is 0 Å². The molecular weight excluding hydrogens is 226 g/mol. The molecule has 3 N–H and O–H groups in total. The van der Waals surface area contributed by atoms with Crippen molar-refractivity contribution in [3.8, 4) is 0 Å². The number of hydrogen-bond donors (Lipinski definition) is 2. The largest absolute Gasteiger partial charge is 0.359 e. The molecule has 1 aliphatic heterocycles. The zero-order valence-electron chi connectivity index (χ0n) is 10.9. The predicted molar refractivity (Wildman–Crippen MR) is 73.6 cm³/mol. The number of benzene rings is 1. The number of rotatable bonds is 3. The molecule has 2 rings (SSSR count). The highest BCUT2D eigenvalue weighted by molar-refractivity contribution is 5.85. The lowest BCUT2D eigenvalue weighted by molar-refractivity contribution is -0.122. The third-order valence-corrected chi connectivity index (χ3v) is 3.36. The summed E-state index contributed by atoms with van der Waals surface area (Å²) >= 11 is 0. The monoisotopic (exact) mass is 247 g/mol. The van der Waals surface area contributed by atoms with Crippen LogP contribution >= 0.6 is 0 Å². The second-order valence-corrected chi connectivity index (χ2v) is 4.77. The highest BCUT2D eigenvalue weighted by atomic mass is 16.2. The average Bonchev–Trinajstić information content (AvgIpc) is 2.54. The SMILES string of the molecule is Cc1ccc(N2CCCNC(=O)C2CCN)cc1. The number of hydrogen-bond acceptors (Lipinski definition) is 3. The standard InChI is InChI=1S/C14H21N3O/c1-11-3-5-12(6-4-11)17-10-2-9-16-14(18)13(17)7-8-15/h3-6,13H,2,7-10,15H2,1H3,(H,16,18). The summed E-state index contributed by atoms with van der Waals surface area (Å²) in [4.78, 5) is 14.2. The number of nitrogens with one attached hydrogen (secondary N) is 1. The fourth-order valence-electron chi connectivity index (χ4n) is 2.37. The summed E-state index contributed by atoms with van der Waals surface area (Å²) in [7, 11) is 0. The van der Waals surface area contributed by atoms with Crippen LogP contribution < -0.4 is 16.0 Å². The maximum atomic E-state index is 12.0. The molecule has 0 spiro atoms. The fraction of sp³-hybridized carbons (Fsp3) is 0.500. The molecule has 98 valence electrons.